The molecule has 0 aromatic heterocycles. The Morgan fingerprint density at radius 3 is 2.76 bits per heavy atom. The maximum absolute atomic E-state index is 11.0. The molecule has 1 aromatic rings. The topological polar surface area (TPSA) is 70.8 Å². The first-order valence-corrected chi connectivity index (χ1v) is 5.42. The summed E-state index contributed by atoms with van der Waals surface area (Å²) in [6.07, 6.45) is -0.484. The number of nitro benzene ring substituents is 1. The average Bonchev–Trinajstić information content (AvgIpc) is 2.74. The molecule has 0 radical (unpaired) electrons. The summed E-state index contributed by atoms with van der Waals surface area (Å²) >= 11 is 5.45. The summed E-state index contributed by atoms with van der Waals surface area (Å²) in [5.41, 5.74) is 0.353. The molecule has 0 N–H and O–H groups in total. The van der Waals surface area contributed by atoms with Gasteiger partial charge in [-0.1, -0.05) is 11.6 Å². The van der Waals surface area contributed by atoms with Crippen LogP contribution in [0.3, 0.4) is 0 Å². The first-order valence-electron chi connectivity index (χ1n) is 4.89. The molecule has 1 aromatic carbocycles. The molecule has 92 valence electrons. The van der Waals surface area contributed by atoms with E-state index in [-0.39, 0.29) is 18.5 Å². The van der Waals surface area contributed by atoms with Gasteiger partial charge in [0, 0.05) is 0 Å². The Morgan fingerprint density at radius 2 is 2.18 bits per heavy atom. The highest BCUT2D eigenvalue weighted by atomic mass is 35.5. The molecule has 0 saturated heterocycles. The van der Waals surface area contributed by atoms with Crippen LogP contribution in [0.15, 0.2) is 12.1 Å². The van der Waals surface area contributed by atoms with E-state index in [0.717, 1.165) is 0 Å². The predicted molar refractivity (Wildman–Crippen MR) is 59.4 cm³/mol. The summed E-state index contributed by atoms with van der Waals surface area (Å²) in [6.45, 7) is 1.76. The number of hydrogen-bond donors (Lipinski definition) is 0. The minimum absolute atomic E-state index is 0.0350. The Kier molecular flexibility index (Phi) is 3.35. The van der Waals surface area contributed by atoms with Crippen molar-refractivity contribution in [2.24, 2.45) is 0 Å². The monoisotopic (exact) mass is 259 g/mol. The number of ether oxygens (including phenoxy) is 3. The molecular weight excluding hydrogens is 250 g/mol. The minimum Gasteiger partial charge on any atom is -0.454 e. The highest BCUT2D eigenvalue weighted by Crippen LogP contribution is 2.40. The van der Waals surface area contributed by atoms with Crippen molar-refractivity contribution >= 4 is 17.3 Å². The fourth-order valence-electron chi connectivity index (χ4n) is 1.61. The molecule has 17 heavy (non-hydrogen) atoms. The van der Waals surface area contributed by atoms with E-state index in [9.17, 15) is 10.1 Å². The molecule has 1 unspecified atom stereocenters. The lowest BCUT2D eigenvalue weighted by molar-refractivity contribution is -0.386. The minimum atomic E-state index is -0.484. The normalized spacial score (nSPS) is 14.7. The molecule has 0 amide bonds. The Morgan fingerprint density at radius 1 is 1.53 bits per heavy atom. The largest absolute Gasteiger partial charge is 0.454 e. The van der Waals surface area contributed by atoms with E-state index in [0.29, 0.717) is 17.1 Å². The lowest BCUT2D eigenvalue weighted by Gasteiger charge is -2.12. The van der Waals surface area contributed by atoms with Gasteiger partial charge in [0.1, 0.15) is 6.07 Å². The summed E-state index contributed by atoms with van der Waals surface area (Å²) in [5, 5.41) is 11.0. The zero-order valence-corrected chi connectivity index (χ0v) is 9.77. The summed E-state index contributed by atoms with van der Waals surface area (Å²) in [7, 11) is 0. The number of halogens is 1. The van der Waals surface area contributed by atoms with Crippen LogP contribution in [-0.4, -0.2) is 17.8 Å². The van der Waals surface area contributed by atoms with Gasteiger partial charge in [-0.05, 0) is 13.0 Å². The Bertz CT molecular complexity index is 451. The summed E-state index contributed by atoms with van der Waals surface area (Å²) in [6, 6.07) is 2.86. The summed E-state index contributed by atoms with van der Waals surface area (Å²) in [4.78, 5) is 10.5. The first-order chi connectivity index (χ1) is 8.13. The van der Waals surface area contributed by atoms with Crippen LogP contribution < -0.4 is 9.47 Å². The maximum atomic E-state index is 11.0. The van der Waals surface area contributed by atoms with Gasteiger partial charge >= 0.3 is 0 Å². The van der Waals surface area contributed by atoms with Crippen molar-refractivity contribution in [3.63, 3.8) is 0 Å². The Labute approximate surface area is 102 Å². The van der Waals surface area contributed by atoms with Crippen LogP contribution in [0.25, 0.3) is 0 Å². The van der Waals surface area contributed by atoms with Gasteiger partial charge in [-0.15, -0.1) is 0 Å². The third kappa shape index (κ3) is 2.27. The second kappa shape index (κ2) is 4.77. The highest BCUT2D eigenvalue weighted by Gasteiger charge is 2.26. The van der Waals surface area contributed by atoms with Crippen LogP contribution in [0.5, 0.6) is 11.5 Å². The van der Waals surface area contributed by atoms with Gasteiger partial charge < -0.3 is 14.2 Å². The second-order valence-corrected chi connectivity index (χ2v) is 3.66. The Balaban J connectivity index is 2.45. The quantitative estimate of drug-likeness (QED) is 0.472. The molecule has 1 atom stereocenters. The fourth-order valence-corrected chi connectivity index (χ4v) is 1.80. The van der Waals surface area contributed by atoms with Crippen LogP contribution in [-0.2, 0) is 4.74 Å². The smallest absolute Gasteiger partial charge is 0.279 e. The standard InChI is InChI=1S/C10H10ClNO5/c1-6(15-4-11)7-2-9-10(17-5-16-9)3-8(7)12(13)14/h2-3,6H,4-5H2,1H3. The molecule has 7 heteroatoms. The second-order valence-electron chi connectivity index (χ2n) is 3.44. The van der Waals surface area contributed by atoms with Crippen LogP contribution in [0, 0.1) is 10.1 Å². The van der Waals surface area contributed by atoms with E-state index in [2.05, 4.69) is 0 Å². The van der Waals surface area contributed by atoms with Crippen molar-refractivity contribution in [2.75, 3.05) is 12.9 Å². The molecule has 0 bridgehead atoms. The predicted octanol–water partition coefficient (Wildman–Crippen LogP) is 2.60. The van der Waals surface area contributed by atoms with Crippen molar-refractivity contribution in [2.45, 2.75) is 13.0 Å². The molecule has 0 fully saturated rings. The number of nitro groups is 1. The van der Waals surface area contributed by atoms with Gasteiger partial charge in [-0.2, -0.15) is 0 Å². The van der Waals surface area contributed by atoms with Crippen LogP contribution in [0.4, 0.5) is 5.69 Å². The molecule has 6 nitrogen and oxygen atoms in total. The number of fused-ring (bicyclic) bond motifs is 1. The molecule has 1 heterocycles. The van der Waals surface area contributed by atoms with Crippen LogP contribution >= 0.6 is 11.6 Å². The maximum Gasteiger partial charge on any atom is 0.279 e. The van der Waals surface area contributed by atoms with E-state index in [4.69, 9.17) is 25.8 Å². The zero-order valence-electron chi connectivity index (χ0n) is 9.01. The number of hydrogen-bond acceptors (Lipinski definition) is 5. The SMILES string of the molecule is CC(OCCl)c1cc2c(cc1[N+](=O)[O-])OCO2. The van der Waals surface area contributed by atoms with Crippen LogP contribution in [0.1, 0.15) is 18.6 Å². The lowest BCUT2D eigenvalue weighted by Crippen LogP contribution is -2.03. The van der Waals surface area contributed by atoms with Gasteiger partial charge in [0.05, 0.1) is 22.7 Å². The van der Waals surface area contributed by atoms with E-state index >= 15 is 0 Å². The third-order valence-electron chi connectivity index (χ3n) is 2.47. The van der Waals surface area contributed by atoms with Crippen LogP contribution in [0.2, 0.25) is 0 Å². The molecule has 2 rings (SSSR count). The van der Waals surface area contributed by atoms with Crippen molar-refractivity contribution in [3.05, 3.63) is 27.8 Å². The van der Waals surface area contributed by atoms with E-state index < -0.39 is 11.0 Å². The molecule has 0 aliphatic carbocycles. The van der Waals surface area contributed by atoms with Crippen molar-refractivity contribution in [1.82, 2.24) is 0 Å². The Hall–Kier alpha value is -1.53. The van der Waals surface area contributed by atoms with Gasteiger partial charge in [-0.3, -0.25) is 10.1 Å². The summed E-state index contributed by atoms with van der Waals surface area (Å²) < 4.78 is 15.4. The highest BCUT2D eigenvalue weighted by molar-refractivity contribution is 6.17. The third-order valence-corrected chi connectivity index (χ3v) is 2.60. The average molecular weight is 260 g/mol. The number of nitrogens with zero attached hydrogens (tertiary/aromatic N) is 1. The van der Waals surface area contributed by atoms with Gasteiger partial charge in [0.15, 0.2) is 11.5 Å². The number of benzene rings is 1. The first kappa shape index (κ1) is 11.9. The van der Waals surface area contributed by atoms with Gasteiger partial charge in [-0.25, -0.2) is 0 Å². The lowest BCUT2D eigenvalue weighted by atomic mass is 10.1. The number of rotatable bonds is 4. The zero-order chi connectivity index (χ0) is 12.4. The fraction of sp³-hybridized carbons (Fsp3) is 0.400. The van der Waals surface area contributed by atoms with E-state index in [1.54, 1.807) is 13.0 Å². The van der Waals surface area contributed by atoms with Crippen molar-refractivity contribution in [3.8, 4) is 11.5 Å². The number of alkyl halides is 1. The molecule has 1 aliphatic rings. The van der Waals surface area contributed by atoms with E-state index in [1.165, 1.54) is 6.07 Å². The van der Waals surface area contributed by atoms with E-state index in [1.807, 2.05) is 0 Å². The molecular formula is C10H10ClNO5. The molecule has 0 saturated carbocycles. The molecule has 0 spiro atoms. The molecule has 1 aliphatic heterocycles. The summed E-state index contributed by atoms with van der Waals surface area (Å²) in [5.74, 6) is 0.856. The van der Waals surface area contributed by atoms with Crippen molar-refractivity contribution < 1.29 is 19.1 Å². The van der Waals surface area contributed by atoms with Crippen molar-refractivity contribution in [1.29, 1.82) is 0 Å². The van der Waals surface area contributed by atoms with Gasteiger partial charge in [0.25, 0.3) is 5.69 Å². The van der Waals surface area contributed by atoms with Gasteiger partial charge in [0.2, 0.25) is 6.79 Å².